The molecule has 0 aromatic rings. The van der Waals surface area contributed by atoms with Crippen molar-refractivity contribution in [3.63, 3.8) is 0 Å². The molecule has 0 spiro atoms. The van der Waals surface area contributed by atoms with Gasteiger partial charge in [0.25, 0.3) is 0 Å². The first-order valence-electron chi connectivity index (χ1n) is 5.14. The molecule has 0 unspecified atom stereocenters. The summed E-state index contributed by atoms with van der Waals surface area (Å²) in [5, 5.41) is 3.05. The lowest BCUT2D eigenvalue weighted by Crippen LogP contribution is -2.59. The molecule has 88 valence electrons. The van der Waals surface area contributed by atoms with Gasteiger partial charge in [-0.3, -0.25) is 0 Å². The van der Waals surface area contributed by atoms with Gasteiger partial charge in [0.05, 0.1) is 13.2 Å². The van der Waals surface area contributed by atoms with Gasteiger partial charge in [-0.15, -0.1) is 0 Å². The molecule has 1 atom stereocenters. The minimum Gasteiger partial charge on any atom is -0.458 e. The highest BCUT2D eigenvalue weighted by molar-refractivity contribution is 5.81. The Kier molecular flexibility index (Phi) is 3.70. The summed E-state index contributed by atoms with van der Waals surface area (Å²) in [7, 11) is 0. The molecule has 1 rings (SSSR count). The Hall–Kier alpha value is -0.650. The molecule has 0 aromatic carbocycles. The number of rotatable bonds is 1. The van der Waals surface area contributed by atoms with Gasteiger partial charge in [0.1, 0.15) is 5.60 Å². The van der Waals surface area contributed by atoms with Crippen LogP contribution in [0.1, 0.15) is 20.8 Å². The van der Waals surface area contributed by atoms with Gasteiger partial charge < -0.3 is 20.5 Å². The quantitative estimate of drug-likeness (QED) is 0.586. The molecule has 15 heavy (non-hydrogen) atoms. The van der Waals surface area contributed by atoms with Crippen LogP contribution in [0.2, 0.25) is 0 Å². The first kappa shape index (κ1) is 12.4. The van der Waals surface area contributed by atoms with E-state index >= 15 is 0 Å². The predicted octanol–water partition coefficient (Wildman–Crippen LogP) is -0.355. The second kappa shape index (κ2) is 4.47. The van der Waals surface area contributed by atoms with Crippen molar-refractivity contribution < 1.29 is 14.3 Å². The lowest BCUT2D eigenvalue weighted by atomic mass is 10.0. The van der Waals surface area contributed by atoms with Crippen LogP contribution in [0.4, 0.5) is 0 Å². The van der Waals surface area contributed by atoms with E-state index in [0.717, 1.165) is 0 Å². The van der Waals surface area contributed by atoms with Crippen molar-refractivity contribution in [1.82, 2.24) is 5.32 Å². The minimum absolute atomic E-state index is 0.203. The van der Waals surface area contributed by atoms with Gasteiger partial charge in [-0.1, -0.05) is 0 Å². The summed E-state index contributed by atoms with van der Waals surface area (Å²) in [6, 6.07) is 0. The molecule has 0 aliphatic carbocycles. The van der Waals surface area contributed by atoms with Gasteiger partial charge in [0.2, 0.25) is 0 Å². The van der Waals surface area contributed by atoms with Gasteiger partial charge in [-0.05, 0) is 20.8 Å². The van der Waals surface area contributed by atoms with Crippen molar-refractivity contribution in [3.8, 4) is 0 Å². The normalized spacial score (nSPS) is 28.3. The summed E-state index contributed by atoms with van der Waals surface area (Å²) in [4.78, 5) is 11.8. The summed E-state index contributed by atoms with van der Waals surface area (Å²) in [6.45, 7) is 7.33. The Morgan fingerprint density at radius 2 is 2.20 bits per heavy atom. The van der Waals surface area contributed by atoms with Crippen LogP contribution in [0, 0.1) is 0 Å². The maximum Gasteiger partial charge on any atom is 0.330 e. The topological polar surface area (TPSA) is 73.6 Å². The highest BCUT2D eigenvalue weighted by Gasteiger charge is 2.39. The van der Waals surface area contributed by atoms with E-state index in [9.17, 15) is 4.79 Å². The van der Waals surface area contributed by atoms with Crippen molar-refractivity contribution in [2.75, 3.05) is 26.3 Å². The molecule has 5 heteroatoms. The average Bonchev–Trinajstić information content (AvgIpc) is 2.28. The van der Waals surface area contributed by atoms with E-state index in [1.165, 1.54) is 0 Å². The van der Waals surface area contributed by atoms with Crippen LogP contribution in [-0.4, -0.2) is 43.4 Å². The molecule has 5 nitrogen and oxygen atoms in total. The maximum atomic E-state index is 11.8. The number of nitrogens with one attached hydrogen (secondary N) is 1. The molecular formula is C10H20N2O3. The van der Waals surface area contributed by atoms with Crippen molar-refractivity contribution in [3.05, 3.63) is 0 Å². The third-order valence-corrected chi connectivity index (χ3v) is 2.03. The number of esters is 1. The van der Waals surface area contributed by atoms with Crippen LogP contribution < -0.4 is 11.1 Å². The van der Waals surface area contributed by atoms with Crippen molar-refractivity contribution in [2.24, 2.45) is 5.73 Å². The van der Waals surface area contributed by atoms with E-state index in [1.54, 1.807) is 0 Å². The number of hydrogen-bond donors (Lipinski definition) is 2. The number of hydrogen-bond acceptors (Lipinski definition) is 5. The number of nitrogens with two attached hydrogens (primary N) is 1. The standard InChI is InChI=1S/C10H20N2O3/c1-9(2,3)15-8(13)10(11)6-12-4-5-14-7-10/h12H,4-7,11H2,1-3H3/t10-/m0/s1. The highest BCUT2D eigenvalue weighted by Crippen LogP contribution is 2.13. The van der Waals surface area contributed by atoms with Crippen molar-refractivity contribution >= 4 is 5.97 Å². The van der Waals surface area contributed by atoms with Crippen LogP contribution in [0.15, 0.2) is 0 Å². The molecule has 0 saturated carbocycles. The number of ether oxygens (including phenoxy) is 2. The van der Waals surface area contributed by atoms with Gasteiger partial charge in [-0.25, -0.2) is 4.79 Å². The first-order chi connectivity index (χ1) is 6.83. The summed E-state index contributed by atoms with van der Waals surface area (Å²) in [6.07, 6.45) is 0. The molecule has 0 bridgehead atoms. The zero-order chi connectivity index (χ0) is 11.5. The fourth-order valence-corrected chi connectivity index (χ4v) is 1.27. The Morgan fingerprint density at radius 1 is 1.53 bits per heavy atom. The minimum atomic E-state index is -1.07. The van der Waals surface area contributed by atoms with Gasteiger partial charge >= 0.3 is 5.97 Å². The van der Waals surface area contributed by atoms with E-state index < -0.39 is 17.1 Å². The molecule has 0 radical (unpaired) electrons. The molecule has 1 aliphatic rings. The van der Waals surface area contributed by atoms with E-state index in [1.807, 2.05) is 20.8 Å². The molecule has 1 aliphatic heterocycles. The van der Waals surface area contributed by atoms with Crippen LogP contribution in [0.5, 0.6) is 0 Å². The molecule has 1 fully saturated rings. The third kappa shape index (κ3) is 3.77. The summed E-state index contributed by atoms with van der Waals surface area (Å²) < 4.78 is 10.5. The van der Waals surface area contributed by atoms with Crippen molar-refractivity contribution in [1.29, 1.82) is 0 Å². The monoisotopic (exact) mass is 216 g/mol. The van der Waals surface area contributed by atoms with Crippen LogP contribution in [0.25, 0.3) is 0 Å². The Bertz CT molecular complexity index is 227. The molecule has 3 N–H and O–H groups in total. The largest absolute Gasteiger partial charge is 0.458 e. The van der Waals surface area contributed by atoms with E-state index in [-0.39, 0.29) is 6.61 Å². The Balaban J connectivity index is 2.62. The SMILES string of the molecule is CC(C)(C)OC(=O)[C@]1(N)CNCCOC1. The number of carbonyl (C=O) groups is 1. The second-order valence-corrected chi connectivity index (χ2v) is 4.89. The summed E-state index contributed by atoms with van der Waals surface area (Å²) >= 11 is 0. The van der Waals surface area contributed by atoms with Crippen molar-refractivity contribution in [2.45, 2.75) is 31.9 Å². The van der Waals surface area contributed by atoms with E-state index in [2.05, 4.69) is 5.32 Å². The second-order valence-electron chi connectivity index (χ2n) is 4.89. The smallest absolute Gasteiger partial charge is 0.330 e. The zero-order valence-corrected chi connectivity index (χ0v) is 9.63. The van der Waals surface area contributed by atoms with Crippen LogP contribution in [-0.2, 0) is 14.3 Å². The highest BCUT2D eigenvalue weighted by atomic mass is 16.6. The fourth-order valence-electron chi connectivity index (χ4n) is 1.27. The lowest BCUT2D eigenvalue weighted by Gasteiger charge is -2.29. The van der Waals surface area contributed by atoms with Crippen LogP contribution in [0.3, 0.4) is 0 Å². The van der Waals surface area contributed by atoms with Gasteiger partial charge in [-0.2, -0.15) is 0 Å². The molecule has 1 heterocycles. The molecule has 0 aromatic heterocycles. The van der Waals surface area contributed by atoms with Gasteiger partial charge in [0, 0.05) is 13.1 Å². The predicted molar refractivity (Wildman–Crippen MR) is 56.5 cm³/mol. The molecular weight excluding hydrogens is 196 g/mol. The van der Waals surface area contributed by atoms with E-state index in [0.29, 0.717) is 19.7 Å². The maximum absolute atomic E-state index is 11.8. The fraction of sp³-hybridized carbons (Fsp3) is 0.900. The Labute approximate surface area is 90.3 Å². The average molecular weight is 216 g/mol. The zero-order valence-electron chi connectivity index (χ0n) is 9.63. The third-order valence-electron chi connectivity index (χ3n) is 2.03. The molecule has 0 amide bonds. The van der Waals surface area contributed by atoms with E-state index in [4.69, 9.17) is 15.2 Å². The summed E-state index contributed by atoms with van der Waals surface area (Å²) in [5.74, 6) is -0.413. The lowest BCUT2D eigenvalue weighted by molar-refractivity contribution is -0.163. The Morgan fingerprint density at radius 3 is 2.80 bits per heavy atom. The van der Waals surface area contributed by atoms with Gasteiger partial charge in [0.15, 0.2) is 5.54 Å². The first-order valence-corrected chi connectivity index (χ1v) is 5.14. The summed E-state index contributed by atoms with van der Waals surface area (Å²) in [5.41, 5.74) is 4.36. The molecule has 1 saturated heterocycles. The number of carbonyl (C=O) groups excluding carboxylic acids is 1. The van der Waals surface area contributed by atoms with Crippen LogP contribution >= 0.6 is 0 Å².